The molecule has 0 unspecified atom stereocenters. The van der Waals surface area contributed by atoms with Crippen molar-refractivity contribution in [3.05, 3.63) is 52.6 Å². The maximum atomic E-state index is 6.05. The summed E-state index contributed by atoms with van der Waals surface area (Å²) in [5.74, 6) is 1.06. The van der Waals surface area contributed by atoms with E-state index in [1.165, 1.54) is 0 Å². The third kappa shape index (κ3) is 3.60. The van der Waals surface area contributed by atoms with Crippen molar-refractivity contribution in [2.75, 3.05) is 23.3 Å². The van der Waals surface area contributed by atoms with Crippen molar-refractivity contribution < 1.29 is 0 Å². The van der Waals surface area contributed by atoms with Gasteiger partial charge in [-0.3, -0.25) is 0 Å². The maximum Gasteiger partial charge on any atom is 0.128 e. The first-order valence-corrected chi connectivity index (χ1v) is 7.85. The van der Waals surface area contributed by atoms with Crippen LogP contribution < -0.4 is 10.2 Å². The lowest BCUT2D eigenvalue weighted by Crippen LogP contribution is -2.39. The summed E-state index contributed by atoms with van der Waals surface area (Å²) in [4.78, 5) is 6.73. The fourth-order valence-electron chi connectivity index (χ4n) is 2.62. The molecule has 0 spiro atoms. The number of benzene rings is 1. The molecule has 0 saturated carbocycles. The van der Waals surface area contributed by atoms with Crippen LogP contribution in [0.1, 0.15) is 12.8 Å². The first kappa shape index (κ1) is 14.5. The van der Waals surface area contributed by atoms with Gasteiger partial charge in [0.05, 0.1) is 10.0 Å². The Morgan fingerprint density at radius 3 is 2.52 bits per heavy atom. The summed E-state index contributed by atoms with van der Waals surface area (Å²) in [7, 11) is 0. The van der Waals surface area contributed by atoms with Gasteiger partial charge in [0, 0.05) is 31.0 Å². The van der Waals surface area contributed by atoms with E-state index in [0.717, 1.165) is 37.4 Å². The molecule has 0 atom stereocenters. The van der Waals surface area contributed by atoms with Crippen LogP contribution in [-0.2, 0) is 0 Å². The molecule has 1 aromatic heterocycles. The molecular formula is C16H17Cl2N3. The number of hydrogen-bond acceptors (Lipinski definition) is 3. The molecule has 1 N–H and O–H groups in total. The van der Waals surface area contributed by atoms with Gasteiger partial charge < -0.3 is 10.2 Å². The Hall–Kier alpha value is -1.45. The number of halogens is 2. The SMILES string of the molecule is Clc1ccc(NC2CCN(c3ccccn3)CC2)cc1Cl. The molecule has 0 aliphatic carbocycles. The van der Waals surface area contributed by atoms with Crippen molar-refractivity contribution in [3.8, 4) is 0 Å². The molecule has 5 heteroatoms. The molecule has 1 aromatic carbocycles. The van der Waals surface area contributed by atoms with Gasteiger partial charge in [0.1, 0.15) is 5.82 Å². The smallest absolute Gasteiger partial charge is 0.128 e. The van der Waals surface area contributed by atoms with Gasteiger partial charge >= 0.3 is 0 Å². The summed E-state index contributed by atoms with van der Waals surface area (Å²) in [5, 5.41) is 4.71. The topological polar surface area (TPSA) is 28.2 Å². The number of aromatic nitrogens is 1. The number of anilines is 2. The normalized spacial score (nSPS) is 16.0. The molecule has 1 aliphatic rings. The van der Waals surface area contributed by atoms with Crippen molar-refractivity contribution in [2.24, 2.45) is 0 Å². The van der Waals surface area contributed by atoms with E-state index in [9.17, 15) is 0 Å². The molecule has 2 heterocycles. The summed E-state index contributed by atoms with van der Waals surface area (Å²) in [6.45, 7) is 2.02. The third-order valence-electron chi connectivity index (χ3n) is 3.76. The van der Waals surface area contributed by atoms with E-state index in [-0.39, 0.29) is 0 Å². The van der Waals surface area contributed by atoms with Crippen LogP contribution in [0.5, 0.6) is 0 Å². The highest BCUT2D eigenvalue weighted by Crippen LogP contribution is 2.27. The fraction of sp³-hybridized carbons (Fsp3) is 0.312. The Morgan fingerprint density at radius 1 is 1.05 bits per heavy atom. The average Bonchev–Trinajstić information content (AvgIpc) is 2.53. The molecule has 1 saturated heterocycles. The summed E-state index contributed by atoms with van der Waals surface area (Å²) in [6, 6.07) is 12.2. The van der Waals surface area contributed by atoms with Gasteiger partial charge in [0.25, 0.3) is 0 Å². The summed E-state index contributed by atoms with van der Waals surface area (Å²) in [5.41, 5.74) is 1.03. The fourth-order valence-corrected chi connectivity index (χ4v) is 2.91. The van der Waals surface area contributed by atoms with Gasteiger partial charge in [0.2, 0.25) is 0 Å². The Labute approximate surface area is 134 Å². The molecule has 1 fully saturated rings. The van der Waals surface area contributed by atoms with Gasteiger partial charge in [0.15, 0.2) is 0 Å². The van der Waals surface area contributed by atoms with Gasteiger partial charge in [-0.15, -0.1) is 0 Å². The highest BCUT2D eigenvalue weighted by molar-refractivity contribution is 6.42. The summed E-state index contributed by atoms with van der Waals surface area (Å²) in [6.07, 6.45) is 4.00. The van der Waals surface area contributed by atoms with E-state index in [1.807, 2.05) is 36.5 Å². The standard InChI is InChI=1S/C16H17Cl2N3/c17-14-5-4-13(11-15(14)18)20-12-6-9-21(10-7-12)16-3-1-2-8-19-16/h1-5,8,11-12,20H,6-7,9-10H2. The van der Waals surface area contributed by atoms with E-state index in [0.29, 0.717) is 16.1 Å². The average molecular weight is 322 g/mol. The van der Waals surface area contributed by atoms with E-state index >= 15 is 0 Å². The molecule has 0 radical (unpaired) electrons. The number of nitrogens with zero attached hydrogens (tertiary/aromatic N) is 2. The number of rotatable bonds is 3. The summed E-state index contributed by atoms with van der Waals surface area (Å²) < 4.78 is 0. The third-order valence-corrected chi connectivity index (χ3v) is 4.50. The second kappa shape index (κ2) is 6.54. The zero-order valence-electron chi connectivity index (χ0n) is 11.6. The van der Waals surface area contributed by atoms with Crippen LogP contribution in [0.4, 0.5) is 11.5 Å². The zero-order chi connectivity index (χ0) is 14.7. The zero-order valence-corrected chi connectivity index (χ0v) is 13.1. The molecule has 1 aliphatic heterocycles. The lowest BCUT2D eigenvalue weighted by atomic mass is 10.0. The van der Waals surface area contributed by atoms with Crippen molar-refractivity contribution in [2.45, 2.75) is 18.9 Å². The minimum absolute atomic E-state index is 0.460. The lowest BCUT2D eigenvalue weighted by molar-refractivity contribution is 0.523. The Bertz CT molecular complexity index is 596. The van der Waals surface area contributed by atoms with Crippen LogP contribution in [0, 0.1) is 0 Å². The van der Waals surface area contributed by atoms with E-state index in [1.54, 1.807) is 0 Å². The Balaban J connectivity index is 1.57. The predicted octanol–water partition coefficient (Wildman–Crippen LogP) is 4.47. The van der Waals surface area contributed by atoms with Gasteiger partial charge in [-0.2, -0.15) is 0 Å². The molecule has 21 heavy (non-hydrogen) atoms. The van der Waals surface area contributed by atoms with Crippen molar-refractivity contribution in [3.63, 3.8) is 0 Å². The molecule has 3 rings (SSSR count). The predicted molar refractivity (Wildman–Crippen MR) is 89.6 cm³/mol. The molecular weight excluding hydrogens is 305 g/mol. The largest absolute Gasteiger partial charge is 0.382 e. The van der Waals surface area contributed by atoms with Crippen LogP contribution in [0.15, 0.2) is 42.6 Å². The van der Waals surface area contributed by atoms with Crippen molar-refractivity contribution in [1.82, 2.24) is 4.98 Å². The van der Waals surface area contributed by atoms with Gasteiger partial charge in [-0.1, -0.05) is 29.3 Å². The lowest BCUT2D eigenvalue weighted by Gasteiger charge is -2.33. The first-order valence-electron chi connectivity index (χ1n) is 7.10. The monoisotopic (exact) mass is 321 g/mol. The van der Waals surface area contributed by atoms with Gasteiger partial charge in [-0.25, -0.2) is 4.98 Å². The van der Waals surface area contributed by atoms with Gasteiger partial charge in [-0.05, 0) is 43.2 Å². The second-order valence-corrected chi connectivity index (χ2v) is 6.04. The minimum Gasteiger partial charge on any atom is -0.382 e. The van der Waals surface area contributed by atoms with Crippen LogP contribution in [-0.4, -0.2) is 24.1 Å². The van der Waals surface area contributed by atoms with E-state index in [4.69, 9.17) is 23.2 Å². The Morgan fingerprint density at radius 2 is 1.86 bits per heavy atom. The first-order chi connectivity index (χ1) is 10.2. The minimum atomic E-state index is 0.460. The number of pyridine rings is 1. The molecule has 3 nitrogen and oxygen atoms in total. The van der Waals surface area contributed by atoms with Crippen LogP contribution in [0.3, 0.4) is 0 Å². The number of hydrogen-bond donors (Lipinski definition) is 1. The molecule has 0 bridgehead atoms. The quantitative estimate of drug-likeness (QED) is 0.904. The van der Waals surface area contributed by atoms with Crippen LogP contribution in [0.2, 0.25) is 10.0 Å². The Kier molecular flexibility index (Phi) is 4.51. The molecule has 0 amide bonds. The summed E-state index contributed by atoms with van der Waals surface area (Å²) >= 11 is 12.0. The van der Waals surface area contributed by atoms with E-state index in [2.05, 4.69) is 21.3 Å². The van der Waals surface area contributed by atoms with Crippen LogP contribution >= 0.6 is 23.2 Å². The number of piperidine rings is 1. The van der Waals surface area contributed by atoms with E-state index < -0.39 is 0 Å². The van der Waals surface area contributed by atoms with Crippen molar-refractivity contribution >= 4 is 34.7 Å². The maximum absolute atomic E-state index is 6.05. The highest BCUT2D eigenvalue weighted by atomic mass is 35.5. The van der Waals surface area contributed by atoms with Crippen LogP contribution in [0.25, 0.3) is 0 Å². The number of nitrogens with one attached hydrogen (secondary N) is 1. The molecule has 110 valence electrons. The second-order valence-electron chi connectivity index (χ2n) is 5.22. The van der Waals surface area contributed by atoms with Crippen molar-refractivity contribution in [1.29, 1.82) is 0 Å². The molecule has 2 aromatic rings. The highest BCUT2D eigenvalue weighted by Gasteiger charge is 2.19.